The van der Waals surface area contributed by atoms with Gasteiger partial charge in [-0.2, -0.15) is 0 Å². The fourth-order valence-electron chi connectivity index (χ4n) is 1.57. The zero-order chi connectivity index (χ0) is 11.6. The Balaban J connectivity index is 2.87. The molecule has 1 rings (SSSR count). The zero-order valence-corrected chi connectivity index (χ0v) is 8.82. The van der Waals surface area contributed by atoms with E-state index in [-0.39, 0.29) is 12.5 Å². The minimum Gasteiger partial charge on any atom is -0.320 e. The van der Waals surface area contributed by atoms with E-state index in [2.05, 4.69) is 5.32 Å². The number of carbonyl (C=O) groups excluding carboxylic acids is 3. The lowest BCUT2D eigenvalue weighted by atomic mass is 10.1. The molecule has 1 aliphatic heterocycles. The summed E-state index contributed by atoms with van der Waals surface area (Å²) in [7, 11) is 0. The van der Waals surface area contributed by atoms with Crippen molar-refractivity contribution in [3.63, 3.8) is 0 Å². The van der Waals surface area contributed by atoms with Gasteiger partial charge in [0.15, 0.2) is 0 Å². The lowest BCUT2D eigenvalue weighted by molar-refractivity contribution is -0.150. The molecule has 3 N–H and O–H groups in total. The Bertz CT molecular complexity index is 301. The van der Waals surface area contributed by atoms with Crippen LogP contribution in [0.25, 0.3) is 0 Å². The van der Waals surface area contributed by atoms with Crippen LogP contribution < -0.4 is 11.1 Å². The van der Waals surface area contributed by atoms with Gasteiger partial charge in [0.25, 0.3) is 0 Å². The van der Waals surface area contributed by atoms with Crippen molar-refractivity contribution in [3.05, 3.63) is 0 Å². The average Bonchev–Trinajstić information content (AvgIpc) is 2.15. The topological polar surface area (TPSA) is 92.5 Å². The second kappa shape index (κ2) is 4.39. The molecule has 1 aliphatic rings. The number of nitrogens with one attached hydrogen (secondary N) is 1. The van der Waals surface area contributed by atoms with E-state index >= 15 is 0 Å². The van der Waals surface area contributed by atoms with Crippen LogP contribution in [0, 0.1) is 0 Å². The van der Waals surface area contributed by atoms with E-state index in [0.29, 0.717) is 6.42 Å². The molecule has 0 aromatic rings. The monoisotopic (exact) mass is 213 g/mol. The van der Waals surface area contributed by atoms with E-state index in [4.69, 9.17) is 5.73 Å². The molecular weight excluding hydrogens is 198 g/mol. The van der Waals surface area contributed by atoms with E-state index in [9.17, 15) is 14.4 Å². The molecule has 0 bridgehead atoms. The van der Waals surface area contributed by atoms with Gasteiger partial charge in [0.2, 0.25) is 17.7 Å². The first-order valence-electron chi connectivity index (χ1n) is 4.87. The summed E-state index contributed by atoms with van der Waals surface area (Å²) < 4.78 is 0. The van der Waals surface area contributed by atoms with Crippen LogP contribution in [0.15, 0.2) is 0 Å². The second-order valence-electron chi connectivity index (χ2n) is 3.59. The molecule has 1 unspecified atom stereocenters. The van der Waals surface area contributed by atoms with E-state index in [1.54, 1.807) is 6.92 Å². The van der Waals surface area contributed by atoms with Crippen LogP contribution in [0.3, 0.4) is 0 Å². The van der Waals surface area contributed by atoms with Gasteiger partial charge in [0.1, 0.15) is 12.6 Å². The van der Waals surface area contributed by atoms with Crippen LogP contribution in [-0.2, 0) is 14.4 Å². The molecule has 3 amide bonds. The molecule has 6 heteroatoms. The molecule has 1 heterocycles. The highest BCUT2D eigenvalue weighted by atomic mass is 16.2. The summed E-state index contributed by atoms with van der Waals surface area (Å²) in [6.07, 6.45) is 0.470. The third-order valence-electron chi connectivity index (χ3n) is 2.31. The SMILES string of the molecule is CCC1C(=O)NC(=O)CN1C(=O)[C@@H](C)N. The van der Waals surface area contributed by atoms with Gasteiger partial charge in [-0.3, -0.25) is 19.7 Å². The molecule has 1 fully saturated rings. The van der Waals surface area contributed by atoms with Gasteiger partial charge < -0.3 is 10.6 Å². The Hall–Kier alpha value is -1.43. The maximum atomic E-state index is 11.6. The Morgan fingerprint density at radius 1 is 1.67 bits per heavy atom. The van der Waals surface area contributed by atoms with Crippen molar-refractivity contribution in [3.8, 4) is 0 Å². The maximum absolute atomic E-state index is 11.6. The number of imide groups is 1. The first-order chi connectivity index (χ1) is 6.97. The smallest absolute Gasteiger partial charge is 0.249 e. The second-order valence-corrected chi connectivity index (χ2v) is 3.59. The van der Waals surface area contributed by atoms with Gasteiger partial charge in [-0.25, -0.2) is 0 Å². The van der Waals surface area contributed by atoms with E-state index in [1.807, 2.05) is 0 Å². The number of nitrogens with zero attached hydrogens (tertiary/aromatic N) is 1. The summed E-state index contributed by atoms with van der Waals surface area (Å²) in [6.45, 7) is 3.22. The van der Waals surface area contributed by atoms with Crippen molar-refractivity contribution in [1.82, 2.24) is 10.2 Å². The fourth-order valence-corrected chi connectivity index (χ4v) is 1.57. The Labute approximate surface area is 87.8 Å². The number of hydrogen-bond acceptors (Lipinski definition) is 4. The van der Waals surface area contributed by atoms with Gasteiger partial charge in [0, 0.05) is 0 Å². The van der Waals surface area contributed by atoms with E-state index in [0.717, 1.165) is 0 Å². The van der Waals surface area contributed by atoms with Crippen LogP contribution in [0.5, 0.6) is 0 Å². The van der Waals surface area contributed by atoms with Gasteiger partial charge in [-0.1, -0.05) is 6.92 Å². The van der Waals surface area contributed by atoms with Crippen molar-refractivity contribution < 1.29 is 14.4 Å². The molecule has 15 heavy (non-hydrogen) atoms. The summed E-state index contributed by atoms with van der Waals surface area (Å²) >= 11 is 0. The minimum absolute atomic E-state index is 0.0926. The lowest BCUT2D eigenvalue weighted by Crippen LogP contribution is -2.61. The number of piperazine rings is 1. The molecule has 0 radical (unpaired) electrons. The summed E-state index contributed by atoms with van der Waals surface area (Å²) in [5.74, 6) is -1.26. The maximum Gasteiger partial charge on any atom is 0.249 e. The molecule has 0 aliphatic carbocycles. The van der Waals surface area contributed by atoms with E-state index in [1.165, 1.54) is 11.8 Å². The molecular formula is C9H15N3O3. The standard InChI is InChI=1S/C9H15N3O3/c1-3-6-8(14)11-7(13)4-12(6)9(15)5(2)10/h5-6H,3-4,10H2,1-2H3,(H,11,13,14)/t5-,6?/m1/s1. The van der Waals surface area contributed by atoms with Crippen LogP contribution >= 0.6 is 0 Å². The molecule has 2 atom stereocenters. The van der Waals surface area contributed by atoms with Gasteiger partial charge in [-0.15, -0.1) is 0 Å². The Morgan fingerprint density at radius 3 is 2.73 bits per heavy atom. The minimum atomic E-state index is -0.697. The first-order valence-corrected chi connectivity index (χ1v) is 4.87. The van der Waals surface area contributed by atoms with Crippen molar-refractivity contribution >= 4 is 17.7 Å². The van der Waals surface area contributed by atoms with Crippen molar-refractivity contribution in [1.29, 1.82) is 0 Å². The number of nitrogens with two attached hydrogens (primary N) is 1. The normalized spacial score (nSPS) is 23.7. The van der Waals surface area contributed by atoms with Crippen LogP contribution in [0.2, 0.25) is 0 Å². The summed E-state index contributed by atoms with van der Waals surface area (Å²) in [6, 6.07) is -1.28. The molecule has 6 nitrogen and oxygen atoms in total. The number of rotatable bonds is 2. The first kappa shape index (κ1) is 11.6. The molecule has 0 saturated carbocycles. The predicted octanol–water partition coefficient (Wildman–Crippen LogP) is -1.40. The quantitative estimate of drug-likeness (QED) is 0.552. The van der Waals surface area contributed by atoms with Gasteiger partial charge in [0.05, 0.1) is 6.04 Å². The summed E-state index contributed by atoms with van der Waals surface area (Å²) in [5.41, 5.74) is 5.44. The third kappa shape index (κ3) is 2.33. The third-order valence-corrected chi connectivity index (χ3v) is 2.31. The molecule has 1 saturated heterocycles. The van der Waals surface area contributed by atoms with Crippen LogP contribution in [0.4, 0.5) is 0 Å². The summed E-state index contributed by atoms with van der Waals surface area (Å²) in [4.78, 5) is 35.4. The van der Waals surface area contributed by atoms with Crippen LogP contribution in [0.1, 0.15) is 20.3 Å². The number of carbonyl (C=O) groups is 3. The molecule has 84 valence electrons. The highest BCUT2D eigenvalue weighted by Crippen LogP contribution is 2.10. The largest absolute Gasteiger partial charge is 0.320 e. The number of amides is 3. The number of hydrogen-bond donors (Lipinski definition) is 2. The van der Waals surface area contributed by atoms with Gasteiger partial charge >= 0.3 is 0 Å². The van der Waals surface area contributed by atoms with Gasteiger partial charge in [-0.05, 0) is 13.3 Å². The predicted molar refractivity (Wildman–Crippen MR) is 52.6 cm³/mol. The van der Waals surface area contributed by atoms with Crippen molar-refractivity contribution in [2.75, 3.05) is 6.54 Å². The van der Waals surface area contributed by atoms with Crippen molar-refractivity contribution in [2.45, 2.75) is 32.4 Å². The van der Waals surface area contributed by atoms with Crippen LogP contribution in [-0.4, -0.2) is 41.2 Å². The Morgan fingerprint density at radius 2 is 2.27 bits per heavy atom. The molecule has 0 aromatic carbocycles. The molecule has 0 spiro atoms. The zero-order valence-electron chi connectivity index (χ0n) is 8.82. The van der Waals surface area contributed by atoms with Crippen molar-refractivity contribution in [2.24, 2.45) is 5.73 Å². The summed E-state index contributed by atoms with van der Waals surface area (Å²) in [5, 5.41) is 2.19. The highest BCUT2D eigenvalue weighted by molar-refractivity contribution is 6.04. The fraction of sp³-hybridized carbons (Fsp3) is 0.667. The Kier molecular flexibility index (Phi) is 3.41. The average molecular weight is 213 g/mol. The lowest BCUT2D eigenvalue weighted by Gasteiger charge is -2.34. The highest BCUT2D eigenvalue weighted by Gasteiger charge is 2.36. The molecule has 0 aromatic heterocycles. The van der Waals surface area contributed by atoms with E-state index < -0.39 is 23.9 Å².